The standard InChI is InChI=1S/C21H39N5O6/c1-12(2)11-16(19(29)24-15(21(31)32)7-4-5-9-22)25-20(30)17(13(3)27)26-18(28)14-8-6-10-23-14/h12-17,23,27H,4-11,22H2,1-3H3,(H,24,29)(H,25,30)(H,26,28)(H,31,32). The highest BCUT2D eigenvalue weighted by Crippen LogP contribution is 2.09. The zero-order chi connectivity index (χ0) is 24.3. The molecule has 5 unspecified atom stereocenters. The molecule has 1 aliphatic heterocycles. The number of unbranched alkanes of at least 4 members (excludes halogenated alkanes) is 1. The van der Waals surface area contributed by atoms with Gasteiger partial charge < -0.3 is 37.2 Å². The van der Waals surface area contributed by atoms with Gasteiger partial charge in [0.1, 0.15) is 18.1 Å². The van der Waals surface area contributed by atoms with Crippen molar-refractivity contribution in [3.05, 3.63) is 0 Å². The van der Waals surface area contributed by atoms with E-state index in [1.165, 1.54) is 6.92 Å². The van der Waals surface area contributed by atoms with Gasteiger partial charge in [-0.1, -0.05) is 13.8 Å². The van der Waals surface area contributed by atoms with Crippen molar-refractivity contribution in [2.45, 2.75) is 89.6 Å². The van der Waals surface area contributed by atoms with Gasteiger partial charge in [0.15, 0.2) is 0 Å². The Balaban J connectivity index is 2.84. The molecule has 11 nitrogen and oxygen atoms in total. The number of hydrogen-bond acceptors (Lipinski definition) is 7. The van der Waals surface area contributed by atoms with E-state index in [-0.39, 0.29) is 24.7 Å². The van der Waals surface area contributed by atoms with Gasteiger partial charge >= 0.3 is 5.97 Å². The molecule has 184 valence electrons. The molecule has 0 aromatic carbocycles. The highest BCUT2D eigenvalue weighted by molar-refractivity contribution is 5.94. The van der Waals surface area contributed by atoms with Crippen molar-refractivity contribution < 1.29 is 29.4 Å². The Hall–Kier alpha value is -2.24. The van der Waals surface area contributed by atoms with E-state index in [1.807, 2.05) is 13.8 Å². The number of hydrogen-bond donors (Lipinski definition) is 7. The lowest BCUT2D eigenvalue weighted by molar-refractivity contribution is -0.142. The Morgan fingerprint density at radius 2 is 1.69 bits per heavy atom. The molecule has 0 saturated carbocycles. The van der Waals surface area contributed by atoms with E-state index >= 15 is 0 Å². The topological polar surface area (TPSA) is 183 Å². The zero-order valence-corrected chi connectivity index (χ0v) is 19.2. The maximum atomic E-state index is 12.8. The maximum Gasteiger partial charge on any atom is 0.326 e. The van der Waals surface area contributed by atoms with Gasteiger partial charge in [0.25, 0.3) is 0 Å². The Bertz CT molecular complexity index is 636. The Morgan fingerprint density at radius 3 is 2.19 bits per heavy atom. The molecular formula is C21H39N5O6. The minimum Gasteiger partial charge on any atom is -0.480 e. The molecule has 8 N–H and O–H groups in total. The normalized spacial score (nSPS) is 19.6. The van der Waals surface area contributed by atoms with Gasteiger partial charge in [-0.05, 0) is 64.5 Å². The first-order valence-electron chi connectivity index (χ1n) is 11.3. The number of rotatable bonds is 14. The van der Waals surface area contributed by atoms with Gasteiger partial charge in [0.05, 0.1) is 12.1 Å². The highest BCUT2D eigenvalue weighted by Gasteiger charge is 2.33. The molecule has 0 aromatic heterocycles. The van der Waals surface area contributed by atoms with Gasteiger partial charge in [-0.15, -0.1) is 0 Å². The van der Waals surface area contributed by atoms with E-state index in [9.17, 15) is 29.4 Å². The summed E-state index contributed by atoms with van der Waals surface area (Å²) in [4.78, 5) is 49.6. The Kier molecular flexibility index (Phi) is 12.2. The van der Waals surface area contributed by atoms with E-state index < -0.39 is 48.1 Å². The minimum absolute atomic E-state index is 0.0221. The summed E-state index contributed by atoms with van der Waals surface area (Å²) in [6.45, 7) is 6.23. The third kappa shape index (κ3) is 9.49. The SMILES string of the molecule is CC(C)CC(NC(=O)C(NC(=O)C1CCCN1)C(C)O)C(=O)NC(CCCCN)C(=O)O. The number of aliphatic hydroxyl groups excluding tert-OH is 1. The highest BCUT2D eigenvalue weighted by atomic mass is 16.4. The number of amides is 3. The second kappa shape index (κ2) is 14.0. The Labute approximate surface area is 189 Å². The molecule has 11 heteroatoms. The molecule has 3 amide bonds. The summed E-state index contributed by atoms with van der Waals surface area (Å²) in [5, 5.41) is 30.1. The van der Waals surface area contributed by atoms with Crippen molar-refractivity contribution in [1.82, 2.24) is 21.3 Å². The van der Waals surface area contributed by atoms with Crippen LogP contribution in [0.3, 0.4) is 0 Å². The van der Waals surface area contributed by atoms with Crippen molar-refractivity contribution >= 4 is 23.7 Å². The van der Waals surface area contributed by atoms with Crippen LogP contribution in [0.25, 0.3) is 0 Å². The molecule has 5 atom stereocenters. The fourth-order valence-electron chi connectivity index (χ4n) is 3.55. The van der Waals surface area contributed by atoms with Gasteiger partial charge in [0, 0.05) is 0 Å². The summed E-state index contributed by atoms with van der Waals surface area (Å²) in [7, 11) is 0. The van der Waals surface area contributed by atoms with Crippen molar-refractivity contribution in [2.75, 3.05) is 13.1 Å². The lowest BCUT2D eigenvalue weighted by Crippen LogP contribution is -2.59. The molecule has 1 heterocycles. The molecule has 1 aliphatic rings. The molecule has 1 fully saturated rings. The molecule has 0 aliphatic carbocycles. The third-order valence-corrected chi connectivity index (χ3v) is 5.34. The van der Waals surface area contributed by atoms with E-state index in [0.717, 1.165) is 6.42 Å². The number of carbonyl (C=O) groups excluding carboxylic acids is 3. The van der Waals surface area contributed by atoms with Gasteiger partial charge in [-0.3, -0.25) is 14.4 Å². The molecule has 32 heavy (non-hydrogen) atoms. The third-order valence-electron chi connectivity index (χ3n) is 5.34. The number of nitrogens with one attached hydrogen (secondary N) is 4. The number of carbonyl (C=O) groups is 4. The van der Waals surface area contributed by atoms with E-state index in [1.54, 1.807) is 0 Å². The average molecular weight is 458 g/mol. The van der Waals surface area contributed by atoms with Crippen molar-refractivity contribution in [3.63, 3.8) is 0 Å². The fourth-order valence-corrected chi connectivity index (χ4v) is 3.55. The fraction of sp³-hybridized carbons (Fsp3) is 0.810. The second-order valence-corrected chi connectivity index (χ2v) is 8.75. The van der Waals surface area contributed by atoms with Crippen LogP contribution in [0, 0.1) is 5.92 Å². The molecule has 0 radical (unpaired) electrons. The summed E-state index contributed by atoms with van der Waals surface area (Å²) in [5.41, 5.74) is 5.44. The predicted molar refractivity (Wildman–Crippen MR) is 118 cm³/mol. The number of nitrogens with two attached hydrogens (primary N) is 1. The van der Waals surface area contributed by atoms with Crippen molar-refractivity contribution in [2.24, 2.45) is 11.7 Å². The van der Waals surface area contributed by atoms with Crippen LogP contribution < -0.4 is 27.0 Å². The van der Waals surface area contributed by atoms with E-state index in [2.05, 4.69) is 21.3 Å². The predicted octanol–water partition coefficient (Wildman–Crippen LogP) is -1.17. The number of carboxylic acid groups (broad SMARTS) is 1. The lowest BCUT2D eigenvalue weighted by atomic mass is 10.0. The maximum absolute atomic E-state index is 12.8. The van der Waals surface area contributed by atoms with Crippen LogP contribution >= 0.6 is 0 Å². The lowest BCUT2D eigenvalue weighted by Gasteiger charge is -2.27. The van der Waals surface area contributed by atoms with Gasteiger partial charge in [-0.2, -0.15) is 0 Å². The summed E-state index contributed by atoms with van der Waals surface area (Å²) in [6.07, 6.45) is 1.96. The van der Waals surface area contributed by atoms with Gasteiger partial charge in [0.2, 0.25) is 17.7 Å². The quantitative estimate of drug-likeness (QED) is 0.159. The summed E-state index contributed by atoms with van der Waals surface area (Å²) >= 11 is 0. The molecule has 1 saturated heterocycles. The van der Waals surface area contributed by atoms with E-state index in [4.69, 9.17) is 5.73 Å². The van der Waals surface area contributed by atoms with Crippen LogP contribution in [0.1, 0.15) is 59.3 Å². The van der Waals surface area contributed by atoms with Crippen LogP contribution in [-0.4, -0.2) is 77.3 Å². The first-order chi connectivity index (χ1) is 15.1. The smallest absolute Gasteiger partial charge is 0.326 e. The van der Waals surface area contributed by atoms with Crippen LogP contribution in [0.2, 0.25) is 0 Å². The Morgan fingerprint density at radius 1 is 1.03 bits per heavy atom. The van der Waals surface area contributed by atoms with E-state index in [0.29, 0.717) is 32.4 Å². The van der Waals surface area contributed by atoms with Gasteiger partial charge in [-0.25, -0.2) is 4.79 Å². The first-order valence-corrected chi connectivity index (χ1v) is 11.3. The summed E-state index contributed by atoms with van der Waals surface area (Å²) in [6, 6.07) is -3.78. The number of aliphatic carboxylic acids is 1. The minimum atomic E-state index is -1.24. The molecule has 0 spiro atoms. The monoisotopic (exact) mass is 457 g/mol. The van der Waals surface area contributed by atoms with Crippen LogP contribution in [0.15, 0.2) is 0 Å². The largest absolute Gasteiger partial charge is 0.480 e. The first kappa shape index (κ1) is 27.8. The van der Waals surface area contributed by atoms with Crippen molar-refractivity contribution in [3.8, 4) is 0 Å². The van der Waals surface area contributed by atoms with Crippen LogP contribution in [0.4, 0.5) is 0 Å². The molecule has 0 bridgehead atoms. The summed E-state index contributed by atoms with van der Waals surface area (Å²) in [5.74, 6) is -2.86. The molecule has 0 aromatic rings. The summed E-state index contributed by atoms with van der Waals surface area (Å²) < 4.78 is 0. The second-order valence-electron chi connectivity index (χ2n) is 8.75. The molecule has 1 rings (SSSR count). The van der Waals surface area contributed by atoms with Crippen LogP contribution in [-0.2, 0) is 19.2 Å². The zero-order valence-electron chi connectivity index (χ0n) is 19.2. The number of aliphatic hydroxyl groups is 1. The van der Waals surface area contributed by atoms with Crippen molar-refractivity contribution in [1.29, 1.82) is 0 Å². The average Bonchev–Trinajstić information content (AvgIpc) is 3.24. The number of carboxylic acids is 1. The molecular weight excluding hydrogens is 418 g/mol. The van der Waals surface area contributed by atoms with Crippen LogP contribution in [0.5, 0.6) is 0 Å².